The van der Waals surface area contributed by atoms with Crippen LogP contribution in [0, 0.1) is 17.0 Å². The third kappa shape index (κ3) is 6.74. The summed E-state index contributed by atoms with van der Waals surface area (Å²) < 4.78 is 59.6. The van der Waals surface area contributed by atoms with Crippen molar-refractivity contribution in [1.82, 2.24) is 14.3 Å². The number of alkyl halides is 2. The van der Waals surface area contributed by atoms with Gasteiger partial charge in [0.25, 0.3) is 12.0 Å². The molecule has 0 radical (unpaired) electrons. The zero-order chi connectivity index (χ0) is 30.1. The Balaban J connectivity index is 1.72. The number of amidine groups is 1. The summed E-state index contributed by atoms with van der Waals surface area (Å²) in [4.78, 5) is 18.7. The van der Waals surface area contributed by atoms with E-state index in [9.17, 15) is 22.4 Å². The molecule has 1 saturated carbocycles. The minimum absolute atomic E-state index is 0.00214. The molecule has 0 aliphatic heterocycles. The second-order valence-corrected chi connectivity index (χ2v) is 12.2. The van der Waals surface area contributed by atoms with E-state index in [1.54, 1.807) is 18.2 Å². The molecule has 0 saturated heterocycles. The second-order valence-electron chi connectivity index (χ2n) is 9.74. The van der Waals surface area contributed by atoms with Crippen molar-refractivity contribution in [2.24, 2.45) is 5.73 Å². The number of nitrogens with one attached hydrogen (secondary N) is 3. The fourth-order valence-corrected chi connectivity index (χ4v) is 5.83. The molecule has 1 fully saturated rings. The molecule has 1 heterocycles. The van der Waals surface area contributed by atoms with E-state index in [0.29, 0.717) is 15.2 Å². The van der Waals surface area contributed by atoms with Crippen molar-refractivity contribution in [2.45, 2.75) is 37.0 Å². The first-order valence-corrected chi connectivity index (χ1v) is 14.8. The van der Waals surface area contributed by atoms with Gasteiger partial charge in [0.2, 0.25) is 0 Å². The van der Waals surface area contributed by atoms with Gasteiger partial charge in [0.15, 0.2) is 0 Å². The Bertz CT molecular complexity index is 1720. The van der Waals surface area contributed by atoms with Crippen LogP contribution < -0.4 is 21.3 Å². The highest BCUT2D eigenvalue weighted by molar-refractivity contribution is 9.10. The summed E-state index contributed by atoms with van der Waals surface area (Å²) in [7, 11) is 0. The summed E-state index contributed by atoms with van der Waals surface area (Å²) in [5, 5.41) is 12.0. The predicted octanol–water partition coefficient (Wildman–Crippen LogP) is 6.72. The molecule has 220 valence electrons. The van der Waals surface area contributed by atoms with Gasteiger partial charge in [0.1, 0.15) is 23.3 Å². The van der Waals surface area contributed by atoms with Crippen LogP contribution in [0.3, 0.4) is 0 Å². The molecule has 5 N–H and O–H groups in total. The number of hydrogen-bond acceptors (Lipinski definition) is 6. The maximum Gasteiger partial charge on any atom is 0.266 e. The molecule has 14 heteroatoms. The second kappa shape index (κ2) is 12.6. The molecule has 0 amide bonds. The summed E-state index contributed by atoms with van der Waals surface area (Å²) in [5.74, 6) is -1.71. The molecular weight excluding hydrogens is 660 g/mol. The average molecular weight is 684 g/mol. The molecule has 1 atom stereocenters. The van der Waals surface area contributed by atoms with Crippen LogP contribution in [0.15, 0.2) is 57.8 Å². The van der Waals surface area contributed by atoms with Crippen molar-refractivity contribution < 1.29 is 17.6 Å². The normalized spacial score (nSPS) is 13.9. The lowest BCUT2D eigenvalue weighted by Gasteiger charge is -2.24. The molecule has 1 aliphatic carbocycles. The number of anilines is 1. The Kier molecular flexibility index (Phi) is 9.11. The third-order valence-corrected chi connectivity index (χ3v) is 8.41. The van der Waals surface area contributed by atoms with E-state index in [-0.39, 0.29) is 51.0 Å². The van der Waals surface area contributed by atoms with Gasteiger partial charge in [-0.15, -0.1) is 0 Å². The highest BCUT2D eigenvalue weighted by atomic mass is 79.9. The monoisotopic (exact) mass is 682 g/mol. The van der Waals surface area contributed by atoms with Gasteiger partial charge in [0, 0.05) is 15.8 Å². The summed E-state index contributed by atoms with van der Waals surface area (Å²) >= 11 is 11.2. The predicted molar refractivity (Wildman–Crippen MR) is 162 cm³/mol. The number of hydrogen-bond donors (Lipinski definition) is 4. The van der Waals surface area contributed by atoms with Gasteiger partial charge in [-0.2, -0.15) is 0 Å². The summed E-state index contributed by atoms with van der Waals surface area (Å²) in [6, 6.07) is 9.67. The maximum atomic E-state index is 14.1. The third-order valence-electron chi connectivity index (χ3n) is 6.48. The molecule has 3 aromatic carbocycles. The van der Waals surface area contributed by atoms with Crippen molar-refractivity contribution in [3.05, 3.63) is 97.0 Å². The summed E-state index contributed by atoms with van der Waals surface area (Å²) in [6.07, 6.45) is -0.892. The highest BCUT2D eigenvalue weighted by Crippen LogP contribution is 2.36. The maximum absolute atomic E-state index is 14.1. The fourth-order valence-electron chi connectivity index (χ4n) is 4.47. The molecule has 1 aromatic heterocycles. The van der Waals surface area contributed by atoms with Crippen molar-refractivity contribution >= 4 is 61.9 Å². The summed E-state index contributed by atoms with van der Waals surface area (Å²) in [5.41, 5.74) is 6.67. The summed E-state index contributed by atoms with van der Waals surface area (Å²) in [6.45, 7) is -0.796. The lowest BCUT2D eigenvalue weighted by atomic mass is 10.0. The Hall–Kier alpha value is -3.13. The number of benzene rings is 3. The largest absolute Gasteiger partial charge is 0.377 e. The highest BCUT2D eigenvalue weighted by Gasteiger charge is 2.27. The minimum Gasteiger partial charge on any atom is -0.377 e. The zero-order valence-corrected chi connectivity index (χ0v) is 24.9. The van der Waals surface area contributed by atoms with E-state index < -0.39 is 36.2 Å². The van der Waals surface area contributed by atoms with Gasteiger partial charge >= 0.3 is 0 Å². The van der Waals surface area contributed by atoms with Crippen LogP contribution in [0.2, 0.25) is 5.02 Å². The number of nitrogens with two attached hydrogens (primary N) is 1. The zero-order valence-electron chi connectivity index (χ0n) is 21.7. The fraction of sp³-hybridized carbons (Fsp3) is 0.250. The van der Waals surface area contributed by atoms with Gasteiger partial charge < -0.3 is 15.8 Å². The number of fused-ring (bicyclic) bond motifs is 1. The lowest BCUT2D eigenvalue weighted by molar-refractivity contribution is 0.163. The van der Waals surface area contributed by atoms with Crippen LogP contribution in [0.25, 0.3) is 16.6 Å². The van der Waals surface area contributed by atoms with E-state index >= 15 is 0 Å². The van der Waals surface area contributed by atoms with Gasteiger partial charge in [-0.3, -0.25) is 14.8 Å². The number of nitrogens with zero attached hydrogens (tertiary/aromatic N) is 2. The molecule has 4 aromatic rings. The van der Waals surface area contributed by atoms with Gasteiger partial charge in [0.05, 0.1) is 45.5 Å². The van der Waals surface area contributed by atoms with E-state index in [4.69, 9.17) is 22.7 Å². The molecule has 5 rings (SSSR count). The quantitative estimate of drug-likeness (QED) is 0.0640. The van der Waals surface area contributed by atoms with Gasteiger partial charge in [-0.05, 0) is 79.2 Å². The number of halogens is 6. The minimum atomic E-state index is -2.76. The first kappa shape index (κ1) is 30.3. The van der Waals surface area contributed by atoms with E-state index in [1.165, 1.54) is 28.6 Å². The van der Waals surface area contributed by atoms with Crippen LogP contribution in [-0.4, -0.2) is 33.6 Å². The Labute approximate surface area is 255 Å². The Morgan fingerprint density at radius 3 is 2.55 bits per heavy atom. The smallest absolute Gasteiger partial charge is 0.266 e. The van der Waals surface area contributed by atoms with Crippen molar-refractivity contribution in [1.29, 1.82) is 5.41 Å². The standard InChI is InChI=1S/C28H24BrClF4N6OS/c29-14-1-4-18-21(10-14)38-27(20(35)9-13-7-15(31)11-16(32)8-13)40(28(18)41)22-6-5-19(30)24(25(22)37-12-23(33)34)26(36)39-42-17-2-3-17/h1,4-8,10-11,17,20,23,37H,2-3,9,12,35H2,(H2,36,39). The first-order valence-electron chi connectivity index (χ1n) is 12.8. The van der Waals surface area contributed by atoms with Gasteiger partial charge in [-0.1, -0.05) is 27.5 Å². The lowest BCUT2D eigenvalue weighted by Crippen LogP contribution is -2.31. The van der Waals surface area contributed by atoms with Crippen molar-refractivity contribution in [3.8, 4) is 5.69 Å². The molecule has 42 heavy (non-hydrogen) atoms. The topological polar surface area (TPSA) is 109 Å². The van der Waals surface area contributed by atoms with E-state index in [2.05, 4.69) is 31.0 Å². The molecule has 0 bridgehead atoms. The SMILES string of the molecule is N=C(NSC1CC1)c1c(Cl)ccc(-n2c(C(N)Cc3cc(F)cc(F)c3)nc3cc(Br)ccc3c2=O)c1NCC(F)F. The van der Waals surface area contributed by atoms with Crippen LogP contribution >= 0.6 is 39.5 Å². The van der Waals surface area contributed by atoms with Crippen molar-refractivity contribution in [2.75, 3.05) is 11.9 Å². The molecule has 1 aliphatic rings. The molecule has 7 nitrogen and oxygen atoms in total. The Morgan fingerprint density at radius 1 is 1.17 bits per heavy atom. The Morgan fingerprint density at radius 2 is 1.88 bits per heavy atom. The molecular formula is C28H24BrClF4N6OS. The number of aromatic nitrogens is 2. The first-order chi connectivity index (χ1) is 20.0. The van der Waals surface area contributed by atoms with Crippen LogP contribution in [-0.2, 0) is 6.42 Å². The van der Waals surface area contributed by atoms with Crippen LogP contribution in [0.1, 0.15) is 35.8 Å². The van der Waals surface area contributed by atoms with E-state index in [0.717, 1.165) is 31.0 Å². The number of rotatable bonds is 10. The van der Waals surface area contributed by atoms with Crippen LogP contribution in [0.5, 0.6) is 0 Å². The molecule has 0 spiro atoms. The van der Waals surface area contributed by atoms with Crippen molar-refractivity contribution in [3.63, 3.8) is 0 Å². The molecule has 1 unspecified atom stereocenters. The van der Waals surface area contributed by atoms with E-state index in [1.807, 2.05) is 0 Å². The average Bonchev–Trinajstić information content (AvgIpc) is 3.74. The van der Waals surface area contributed by atoms with Gasteiger partial charge in [-0.25, -0.2) is 22.5 Å². The van der Waals surface area contributed by atoms with Crippen LogP contribution in [0.4, 0.5) is 23.2 Å².